The molecule has 0 aliphatic carbocycles. The van der Waals surface area contributed by atoms with Crippen molar-refractivity contribution < 1.29 is 14.3 Å². The number of esters is 1. The van der Waals surface area contributed by atoms with Crippen molar-refractivity contribution in [2.45, 2.75) is 0 Å². The number of methoxy groups -OCH3 is 1. The highest BCUT2D eigenvalue weighted by molar-refractivity contribution is 6.41. The molecular formula is C9H8Cl2N2O3. The zero-order valence-electron chi connectivity index (χ0n) is 8.29. The number of carbonyl (C=O) groups is 2. The van der Waals surface area contributed by atoms with Crippen molar-refractivity contribution in [2.75, 3.05) is 13.7 Å². The van der Waals surface area contributed by atoms with Gasteiger partial charge in [0.15, 0.2) is 0 Å². The van der Waals surface area contributed by atoms with E-state index in [2.05, 4.69) is 15.0 Å². The fraction of sp³-hybridized carbons (Fsp3) is 0.222. The summed E-state index contributed by atoms with van der Waals surface area (Å²) in [4.78, 5) is 25.9. The van der Waals surface area contributed by atoms with Gasteiger partial charge in [-0.15, -0.1) is 0 Å². The fourth-order valence-electron chi connectivity index (χ4n) is 0.872. The van der Waals surface area contributed by atoms with E-state index < -0.39 is 11.9 Å². The molecule has 0 radical (unpaired) electrons. The van der Waals surface area contributed by atoms with Gasteiger partial charge in [0.05, 0.1) is 17.7 Å². The molecule has 0 spiro atoms. The van der Waals surface area contributed by atoms with Crippen molar-refractivity contribution in [1.29, 1.82) is 0 Å². The molecule has 0 fully saturated rings. The van der Waals surface area contributed by atoms with Crippen LogP contribution >= 0.6 is 23.2 Å². The third kappa shape index (κ3) is 3.36. The van der Waals surface area contributed by atoms with E-state index in [9.17, 15) is 9.59 Å². The second-order valence-electron chi connectivity index (χ2n) is 2.76. The Morgan fingerprint density at radius 2 is 2.19 bits per heavy atom. The van der Waals surface area contributed by atoms with Gasteiger partial charge in [-0.3, -0.25) is 9.59 Å². The maximum Gasteiger partial charge on any atom is 0.325 e. The molecule has 0 aliphatic heterocycles. The van der Waals surface area contributed by atoms with E-state index in [4.69, 9.17) is 23.2 Å². The van der Waals surface area contributed by atoms with E-state index in [1.165, 1.54) is 19.4 Å². The van der Waals surface area contributed by atoms with E-state index in [1.54, 1.807) is 0 Å². The topological polar surface area (TPSA) is 68.3 Å². The van der Waals surface area contributed by atoms with Gasteiger partial charge in [-0.25, -0.2) is 4.98 Å². The highest BCUT2D eigenvalue weighted by Gasteiger charge is 2.10. The van der Waals surface area contributed by atoms with Crippen molar-refractivity contribution in [3.8, 4) is 0 Å². The molecule has 0 bridgehead atoms. The zero-order valence-corrected chi connectivity index (χ0v) is 9.80. The molecule has 7 heteroatoms. The van der Waals surface area contributed by atoms with Crippen LogP contribution in [0.3, 0.4) is 0 Å². The van der Waals surface area contributed by atoms with Gasteiger partial charge in [0.25, 0.3) is 5.91 Å². The van der Waals surface area contributed by atoms with Crippen LogP contribution in [-0.4, -0.2) is 30.5 Å². The molecule has 0 aliphatic rings. The lowest BCUT2D eigenvalue weighted by Gasteiger charge is -2.04. The van der Waals surface area contributed by atoms with E-state index in [0.717, 1.165) is 0 Å². The second kappa shape index (κ2) is 5.67. The Labute approximate surface area is 102 Å². The van der Waals surface area contributed by atoms with E-state index in [0.29, 0.717) is 0 Å². The summed E-state index contributed by atoms with van der Waals surface area (Å²) in [6.45, 7) is -0.213. The third-order valence-corrected chi connectivity index (χ3v) is 2.37. The van der Waals surface area contributed by atoms with Gasteiger partial charge < -0.3 is 10.1 Å². The molecule has 16 heavy (non-hydrogen) atoms. The van der Waals surface area contributed by atoms with E-state index in [1.807, 2.05) is 0 Å². The number of ether oxygens (including phenoxy) is 1. The van der Waals surface area contributed by atoms with Gasteiger partial charge in [-0.05, 0) is 6.07 Å². The van der Waals surface area contributed by atoms with Crippen LogP contribution in [0.1, 0.15) is 10.4 Å². The minimum atomic E-state index is -0.540. The average Bonchev–Trinajstić information content (AvgIpc) is 2.29. The molecule has 1 aromatic heterocycles. The number of halogens is 2. The molecule has 1 N–H and O–H groups in total. The molecule has 0 saturated heterocycles. The van der Waals surface area contributed by atoms with Gasteiger partial charge in [-0.1, -0.05) is 23.2 Å². The highest BCUT2D eigenvalue weighted by atomic mass is 35.5. The van der Waals surface area contributed by atoms with Crippen molar-refractivity contribution in [2.24, 2.45) is 0 Å². The highest BCUT2D eigenvalue weighted by Crippen LogP contribution is 2.19. The number of nitrogens with one attached hydrogen (secondary N) is 1. The monoisotopic (exact) mass is 262 g/mol. The summed E-state index contributed by atoms with van der Waals surface area (Å²) in [6, 6.07) is 1.36. The lowest BCUT2D eigenvalue weighted by Crippen LogP contribution is -2.30. The number of carbonyl (C=O) groups excluding carboxylic acids is 2. The average molecular weight is 263 g/mol. The Kier molecular flexibility index (Phi) is 4.52. The predicted molar refractivity (Wildman–Crippen MR) is 58.6 cm³/mol. The normalized spacial score (nSPS) is 9.69. The van der Waals surface area contributed by atoms with Crippen LogP contribution in [0.4, 0.5) is 0 Å². The number of hydrogen-bond acceptors (Lipinski definition) is 4. The van der Waals surface area contributed by atoms with Crippen LogP contribution in [0.5, 0.6) is 0 Å². The molecule has 0 unspecified atom stereocenters. The molecule has 0 atom stereocenters. The van der Waals surface area contributed by atoms with Crippen LogP contribution in [0.15, 0.2) is 12.3 Å². The maximum atomic E-state index is 11.5. The number of rotatable bonds is 3. The zero-order chi connectivity index (χ0) is 12.1. The lowest BCUT2D eigenvalue weighted by molar-refractivity contribution is -0.139. The minimum Gasteiger partial charge on any atom is -0.468 e. The summed E-state index contributed by atoms with van der Waals surface area (Å²) in [6.07, 6.45) is 1.26. The first-order chi connectivity index (χ1) is 7.54. The van der Waals surface area contributed by atoms with Gasteiger partial charge in [0.2, 0.25) is 0 Å². The summed E-state index contributed by atoms with van der Waals surface area (Å²) >= 11 is 11.3. The summed E-state index contributed by atoms with van der Waals surface area (Å²) in [5.74, 6) is -1.02. The summed E-state index contributed by atoms with van der Waals surface area (Å²) in [5.41, 5.74) is 0.221. The largest absolute Gasteiger partial charge is 0.468 e. The Morgan fingerprint density at radius 1 is 1.50 bits per heavy atom. The van der Waals surface area contributed by atoms with E-state index in [-0.39, 0.29) is 22.3 Å². The lowest BCUT2D eigenvalue weighted by atomic mass is 10.3. The van der Waals surface area contributed by atoms with Gasteiger partial charge in [-0.2, -0.15) is 0 Å². The van der Waals surface area contributed by atoms with Gasteiger partial charge in [0.1, 0.15) is 11.7 Å². The summed E-state index contributed by atoms with van der Waals surface area (Å²) < 4.78 is 4.36. The first-order valence-corrected chi connectivity index (χ1v) is 4.96. The third-order valence-electron chi connectivity index (χ3n) is 1.68. The quantitative estimate of drug-likeness (QED) is 0.659. The Balaban J connectivity index is 2.66. The van der Waals surface area contributed by atoms with Crippen molar-refractivity contribution in [3.05, 3.63) is 28.0 Å². The molecule has 1 amide bonds. The van der Waals surface area contributed by atoms with Crippen molar-refractivity contribution in [1.82, 2.24) is 10.3 Å². The first-order valence-electron chi connectivity index (χ1n) is 4.20. The predicted octanol–water partition coefficient (Wildman–Crippen LogP) is 1.29. The number of amides is 1. The Morgan fingerprint density at radius 3 is 2.75 bits per heavy atom. The molecule has 86 valence electrons. The second-order valence-corrected chi connectivity index (χ2v) is 3.52. The van der Waals surface area contributed by atoms with Crippen molar-refractivity contribution >= 4 is 35.1 Å². The molecule has 1 heterocycles. The smallest absolute Gasteiger partial charge is 0.325 e. The van der Waals surface area contributed by atoms with Crippen LogP contribution in [-0.2, 0) is 9.53 Å². The molecule has 1 aromatic rings. The summed E-state index contributed by atoms with van der Waals surface area (Å²) in [5, 5.41) is 2.63. The Bertz CT molecular complexity index is 423. The van der Waals surface area contributed by atoms with Crippen LogP contribution in [0, 0.1) is 0 Å². The standard InChI is InChI=1S/C9H8Cl2N2O3/c1-16-7(14)4-13-9(15)5-2-6(10)8(11)12-3-5/h2-3H,4H2,1H3,(H,13,15). The SMILES string of the molecule is COC(=O)CNC(=O)c1cnc(Cl)c(Cl)c1. The van der Waals surface area contributed by atoms with Gasteiger partial charge in [0, 0.05) is 6.20 Å². The van der Waals surface area contributed by atoms with Crippen LogP contribution in [0.25, 0.3) is 0 Å². The van der Waals surface area contributed by atoms with Crippen LogP contribution < -0.4 is 5.32 Å². The minimum absolute atomic E-state index is 0.117. The van der Waals surface area contributed by atoms with Crippen LogP contribution in [0.2, 0.25) is 10.2 Å². The van der Waals surface area contributed by atoms with Gasteiger partial charge >= 0.3 is 5.97 Å². The molecule has 0 aromatic carbocycles. The summed E-state index contributed by atoms with van der Waals surface area (Å²) in [7, 11) is 1.23. The maximum absolute atomic E-state index is 11.5. The number of nitrogens with zero attached hydrogens (tertiary/aromatic N) is 1. The molecule has 5 nitrogen and oxygen atoms in total. The molecule has 1 rings (SSSR count). The Hall–Kier alpha value is -1.33. The first kappa shape index (κ1) is 12.7. The molecular weight excluding hydrogens is 255 g/mol. The number of pyridine rings is 1. The van der Waals surface area contributed by atoms with Crippen molar-refractivity contribution in [3.63, 3.8) is 0 Å². The fourth-order valence-corrected chi connectivity index (χ4v) is 1.14. The number of aromatic nitrogens is 1. The number of hydrogen-bond donors (Lipinski definition) is 1. The van der Waals surface area contributed by atoms with E-state index >= 15 is 0 Å². The molecule has 0 saturated carbocycles.